The number of nitrogens with zero attached hydrogens (tertiary/aromatic N) is 1. The van der Waals surface area contributed by atoms with Crippen LogP contribution in [0.5, 0.6) is 0 Å². The average molecular weight is 287 g/mol. The molecule has 0 fully saturated rings. The summed E-state index contributed by atoms with van der Waals surface area (Å²) in [6.45, 7) is 4.97. The zero-order chi connectivity index (χ0) is 12.0. The van der Waals surface area contributed by atoms with Gasteiger partial charge < -0.3 is 10.1 Å². The van der Waals surface area contributed by atoms with Crippen molar-refractivity contribution in [2.75, 3.05) is 13.2 Å². The molecular weight excluding hydrogens is 272 g/mol. The first kappa shape index (κ1) is 13.1. The quantitative estimate of drug-likeness (QED) is 0.901. The maximum Gasteiger partial charge on any atom is 0.271 e. The minimum absolute atomic E-state index is 0.0265. The normalized spacial score (nSPS) is 12.2. The molecule has 0 aliphatic heterocycles. The van der Waals surface area contributed by atoms with Gasteiger partial charge in [0.1, 0.15) is 5.69 Å². The molecule has 1 rings (SSSR count). The van der Waals surface area contributed by atoms with E-state index < -0.39 is 0 Å². The molecule has 1 aromatic heterocycles. The molecule has 0 spiro atoms. The summed E-state index contributed by atoms with van der Waals surface area (Å²) < 4.78 is 5.91. The lowest BCUT2D eigenvalue weighted by Gasteiger charge is -2.13. The van der Waals surface area contributed by atoms with E-state index >= 15 is 0 Å². The van der Waals surface area contributed by atoms with E-state index in [1.165, 1.54) is 0 Å². The topological polar surface area (TPSA) is 51.2 Å². The van der Waals surface area contributed by atoms with Gasteiger partial charge in [0, 0.05) is 23.3 Å². The molecule has 1 aromatic rings. The summed E-state index contributed by atoms with van der Waals surface area (Å²) in [5.41, 5.74) is 0.394. The van der Waals surface area contributed by atoms with Crippen molar-refractivity contribution in [1.29, 1.82) is 0 Å². The Morgan fingerprint density at radius 3 is 3.06 bits per heavy atom. The highest BCUT2D eigenvalue weighted by atomic mass is 79.9. The zero-order valence-electron chi connectivity index (χ0n) is 9.37. The van der Waals surface area contributed by atoms with Crippen LogP contribution in [0.25, 0.3) is 0 Å². The third-order valence-corrected chi connectivity index (χ3v) is 2.56. The van der Waals surface area contributed by atoms with Crippen LogP contribution < -0.4 is 5.32 Å². The molecule has 0 aliphatic carbocycles. The lowest BCUT2D eigenvalue weighted by Crippen LogP contribution is -2.36. The number of amides is 1. The van der Waals surface area contributed by atoms with E-state index in [1.807, 2.05) is 13.8 Å². The molecule has 1 atom stereocenters. The zero-order valence-corrected chi connectivity index (χ0v) is 11.0. The largest absolute Gasteiger partial charge is 0.380 e. The van der Waals surface area contributed by atoms with Crippen LogP contribution in [-0.2, 0) is 4.74 Å². The monoisotopic (exact) mass is 286 g/mol. The molecule has 0 saturated carbocycles. The van der Waals surface area contributed by atoms with E-state index in [0.717, 1.165) is 0 Å². The summed E-state index contributed by atoms with van der Waals surface area (Å²) in [5.74, 6) is -0.195. The maximum atomic E-state index is 11.8. The molecule has 0 bridgehead atoms. The predicted molar refractivity (Wildman–Crippen MR) is 65.4 cm³/mol. The predicted octanol–water partition coefficient (Wildman–Crippen LogP) is 2.00. The van der Waals surface area contributed by atoms with Crippen LogP contribution in [0.1, 0.15) is 24.3 Å². The average Bonchev–Trinajstić information content (AvgIpc) is 2.26. The van der Waals surface area contributed by atoms with Gasteiger partial charge in [-0.05, 0) is 41.9 Å². The number of pyridine rings is 1. The number of nitrogens with one attached hydrogen (secondary N) is 1. The van der Waals surface area contributed by atoms with Gasteiger partial charge in [-0.15, -0.1) is 0 Å². The first-order valence-electron chi connectivity index (χ1n) is 5.14. The Kier molecular flexibility index (Phi) is 5.42. The molecule has 1 N–H and O–H groups in total. The summed E-state index contributed by atoms with van der Waals surface area (Å²) in [6, 6.07) is 3.53. The van der Waals surface area contributed by atoms with Crippen LogP contribution in [0.15, 0.2) is 22.8 Å². The van der Waals surface area contributed by atoms with E-state index in [4.69, 9.17) is 4.74 Å². The van der Waals surface area contributed by atoms with Gasteiger partial charge in [0.05, 0.1) is 6.61 Å². The van der Waals surface area contributed by atoms with E-state index in [1.54, 1.807) is 18.3 Å². The van der Waals surface area contributed by atoms with Gasteiger partial charge in [-0.2, -0.15) is 0 Å². The van der Waals surface area contributed by atoms with Gasteiger partial charge in [-0.1, -0.05) is 0 Å². The minimum atomic E-state index is -0.195. The number of halogens is 1. The van der Waals surface area contributed by atoms with Gasteiger partial charge in [0.15, 0.2) is 0 Å². The highest BCUT2D eigenvalue weighted by Crippen LogP contribution is 2.12. The molecule has 0 saturated heterocycles. The third-order valence-electron chi connectivity index (χ3n) is 1.92. The third kappa shape index (κ3) is 3.90. The molecule has 0 aliphatic rings. The molecule has 4 nitrogen and oxygen atoms in total. The highest BCUT2D eigenvalue weighted by Gasteiger charge is 2.13. The van der Waals surface area contributed by atoms with Gasteiger partial charge in [-0.3, -0.25) is 4.79 Å². The molecular formula is C11H15BrN2O2. The SMILES string of the molecule is CCOCC(C)NC(=O)c1ncccc1Br. The minimum Gasteiger partial charge on any atom is -0.380 e. The molecule has 1 unspecified atom stereocenters. The second-order valence-corrected chi connectivity index (χ2v) is 4.22. The Hall–Kier alpha value is -0.940. The van der Waals surface area contributed by atoms with E-state index in [0.29, 0.717) is 23.4 Å². The molecule has 5 heteroatoms. The van der Waals surface area contributed by atoms with Crippen LogP contribution in [-0.4, -0.2) is 30.1 Å². The standard InChI is InChI=1S/C11H15BrN2O2/c1-3-16-7-8(2)14-11(15)10-9(12)5-4-6-13-10/h4-6,8H,3,7H2,1-2H3,(H,14,15). The van der Waals surface area contributed by atoms with Crippen molar-refractivity contribution in [2.24, 2.45) is 0 Å². The fraction of sp³-hybridized carbons (Fsp3) is 0.455. The Balaban J connectivity index is 2.56. The summed E-state index contributed by atoms with van der Waals surface area (Å²) in [5, 5.41) is 2.82. The number of aromatic nitrogens is 1. The second kappa shape index (κ2) is 6.60. The van der Waals surface area contributed by atoms with E-state index in [-0.39, 0.29) is 11.9 Å². The fourth-order valence-electron chi connectivity index (χ4n) is 1.18. The van der Waals surface area contributed by atoms with Crippen molar-refractivity contribution in [2.45, 2.75) is 19.9 Å². The summed E-state index contributed by atoms with van der Waals surface area (Å²) in [6.07, 6.45) is 1.59. The van der Waals surface area contributed by atoms with Crippen molar-refractivity contribution < 1.29 is 9.53 Å². The number of hydrogen-bond acceptors (Lipinski definition) is 3. The van der Waals surface area contributed by atoms with Crippen LogP contribution in [0, 0.1) is 0 Å². The van der Waals surface area contributed by atoms with E-state index in [9.17, 15) is 4.79 Å². The van der Waals surface area contributed by atoms with Crippen molar-refractivity contribution in [3.8, 4) is 0 Å². The molecule has 0 radical (unpaired) electrons. The molecule has 0 aromatic carbocycles. The van der Waals surface area contributed by atoms with Crippen LogP contribution in [0.2, 0.25) is 0 Å². The lowest BCUT2D eigenvalue weighted by molar-refractivity contribution is 0.0866. The van der Waals surface area contributed by atoms with Gasteiger partial charge in [0.2, 0.25) is 0 Å². The second-order valence-electron chi connectivity index (χ2n) is 3.37. The van der Waals surface area contributed by atoms with Crippen LogP contribution in [0.3, 0.4) is 0 Å². The van der Waals surface area contributed by atoms with Gasteiger partial charge in [0.25, 0.3) is 5.91 Å². The van der Waals surface area contributed by atoms with Gasteiger partial charge in [-0.25, -0.2) is 4.98 Å². The molecule has 1 amide bonds. The summed E-state index contributed by atoms with van der Waals surface area (Å²) in [4.78, 5) is 15.8. The first-order chi connectivity index (χ1) is 7.65. The van der Waals surface area contributed by atoms with Crippen molar-refractivity contribution >= 4 is 21.8 Å². The summed E-state index contributed by atoms with van der Waals surface area (Å²) >= 11 is 3.28. The number of hydrogen-bond donors (Lipinski definition) is 1. The van der Waals surface area contributed by atoms with Crippen molar-refractivity contribution in [1.82, 2.24) is 10.3 Å². The molecule has 88 valence electrons. The van der Waals surface area contributed by atoms with E-state index in [2.05, 4.69) is 26.2 Å². The lowest BCUT2D eigenvalue weighted by atomic mass is 10.3. The number of carbonyl (C=O) groups is 1. The Morgan fingerprint density at radius 2 is 2.44 bits per heavy atom. The number of carbonyl (C=O) groups excluding carboxylic acids is 1. The maximum absolute atomic E-state index is 11.8. The van der Waals surface area contributed by atoms with Gasteiger partial charge >= 0.3 is 0 Å². The fourth-order valence-corrected chi connectivity index (χ4v) is 1.62. The number of rotatable bonds is 5. The Labute approximate surface area is 104 Å². The highest BCUT2D eigenvalue weighted by molar-refractivity contribution is 9.10. The molecule has 16 heavy (non-hydrogen) atoms. The smallest absolute Gasteiger partial charge is 0.271 e. The Bertz CT molecular complexity index is 358. The molecule has 1 heterocycles. The van der Waals surface area contributed by atoms with Crippen LogP contribution in [0.4, 0.5) is 0 Å². The first-order valence-corrected chi connectivity index (χ1v) is 5.93. The van der Waals surface area contributed by atoms with Crippen molar-refractivity contribution in [3.05, 3.63) is 28.5 Å². The van der Waals surface area contributed by atoms with Crippen molar-refractivity contribution in [3.63, 3.8) is 0 Å². The number of ether oxygens (including phenoxy) is 1. The summed E-state index contributed by atoms with van der Waals surface area (Å²) in [7, 11) is 0. The Morgan fingerprint density at radius 1 is 1.69 bits per heavy atom. The van der Waals surface area contributed by atoms with Crippen LogP contribution >= 0.6 is 15.9 Å².